The number of para-hydroxylation sites is 1. The summed E-state index contributed by atoms with van der Waals surface area (Å²) in [6.07, 6.45) is 1.07. The van der Waals surface area contributed by atoms with Crippen LogP contribution in [0.25, 0.3) is 0 Å². The van der Waals surface area contributed by atoms with Gasteiger partial charge in [0.2, 0.25) is 0 Å². The van der Waals surface area contributed by atoms with Crippen molar-refractivity contribution in [3.8, 4) is 5.75 Å². The highest BCUT2D eigenvalue weighted by molar-refractivity contribution is 5.80. The molecule has 0 aromatic heterocycles. The van der Waals surface area contributed by atoms with Crippen LogP contribution < -0.4 is 15.4 Å². The maximum Gasteiger partial charge on any atom is 0.191 e. The highest BCUT2D eigenvalue weighted by Crippen LogP contribution is 2.14. The molecule has 4 nitrogen and oxygen atoms in total. The van der Waals surface area contributed by atoms with Crippen LogP contribution in [0.3, 0.4) is 0 Å². The van der Waals surface area contributed by atoms with Gasteiger partial charge < -0.3 is 15.4 Å². The number of halogens is 1. The second kappa shape index (κ2) is 6.08. The number of hydrogen-bond acceptors (Lipinski definition) is 4. The third-order valence-electron chi connectivity index (χ3n) is 2.39. The van der Waals surface area contributed by atoms with Gasteiger partial charge in [-0.3, -0.25) is 4.99 Å². The van der Waals surface area contributed by atoms with Gasteiger partial charge in [-0.1, -0.05) is 12.1 Å². The molecule has 0 radical (unpaired) electrons. The topological polar surface area (TPSA) is 45.6 Å². The summed E-state index contributed by atoms with van der Waals surface area (Å²) in [4.78, 5) is 4.26. The first-order valence-corrected chi connectivity index (χ1v) is 5.76. The molecule has 0 spiro atoms. The lowest BCUT2D eigenvalue weighted by atomic mass is 10.3. The van der Waals surface area contributed by atoms with Crippen molar-refractivity contribution in [1.29, 1.82) is 0 Å². The highest BCUT2D eigenvalue weighted by atomic mass is 19.1. The van der Waals surface area contributed by atoms with E-state index in [1.54, 1.807) is 18.2 Å². The molecule has 2 N–H and O–H groups in total. The van der Waals surface area contributed by atoms with Crippen LogP contribution in [-0.4, -0.2) is 32.2 Å². The van der Waals surface area contributed by atoms with Gasteiger partial charge in [0, 0.05) is 13.1 Å². The van der Waals surface area contributed by atoms with Crippen LogP contribution in [-0.2, 0) is 0 Å². The minimum absolute atomic E-state index is 0.285. The number of nitrogens with one attached hydrogen (secondary N) is 2. The molecule has 92 valence electrons. The summed E-state index contributed by atoms with van der Waals surface area (Å²) >= 11 is 0. The molecule has 0 aliphatic carbocycles. The molecular formula is C12H16FN3O. The lowest BCUT2D eigenvalue weighted by Gasteiger charge is -2.16. The predicted octanol–water partition coefficient (Wildman–Crippen LogP) is 1.14. The molecule has 0 saturated heterocycles. The molecule has 2 rings (SSSR count). The van der Waals surface area contributed by atoms with Gasteiger partial charge >= 0.3 is 0 Å². The molecule has 1 heterocycles. The smallest absolute Gasteiger partial charge is 0.191 e. The molecule has 1 aliphatic heterocycles. The van der Waals surface area contributed by atoms with Gasteiger partial charge in [-0.2, -0.15) is 0 Å². The van der Waals surface area contributed by atoms with Crippen molar-refractivity contribution in [2.75, 3.05) is 26.2 Å². The quantitative estimate of drug-likeness (QED) is 0.772. The summed E-state index contributed by atoms with van der Waals surface area (Å²) in [5.41, 5.74) is 0. The molecule has 0 unspecified atom stereocenters. The molecule has 0 fully saturated rings. The van der Waals surface area contributed by atoms with Gasteiger partial charge in [-0.05, 0) is 18.6 Å². The Balaban J connectivity index is 1.69. The van der Waals surface area contributed by atoms with Crippen molar-refractivity contribution >= 4 is 5.96 Å². The number of aliphatic imine (C=N–C) groups is 1. The maximum absolute atomic E-state index is 13.2. The van der Waals surface area contributed by atoms with E-state index in [1.165, 1.54) is 6.07 Å². The molecule has 1 aromatic rings. The van der Waals surface area contributed by atoms with Crippen LogP contribution in [0.4, 0.5) is 4.39 Å². The average molecular weight is 237 g/mol. The predicted molar refractivity (Wildman–Crippen MR) is 64.8 cm³/mol. The van der Waals surface area contributed by atoms with E-state index < -0.39 is 0 Å². The summed E-state index contributed by atoms with van der Waals surface area (Å²) in [5.74, 6) is 0.752. The normalized spacial score (nSPS) is 14.8. The fourth-order valence-electron chi connectivity index (χ4n) is 1.54. The zero-order valence-corrected chi connectivity index (χ0v) is 9.58. The number of hydrogen-bond donors (Lipinski definition) is 2. The van der Waals surface area contributed by atoms with Crippen LogP contribution in [0.15, 0.2) is 29.3 Å². The number of ether oxygens (including phenoxy) is 1. The van der Waals surface area contributed by atoms with Gasteiger partial charge in [0.15, 0.2) is 17.5 Å². The van der Waals surface area contributed by atoms with E-state index in [2.05, 4.69) is 15.6 Å². The molecule has 1 aromatic carbocycles. The number of nitrogens with zero attached hydrogens (tertiary/aromatic N) is 1. The summed E-state index contributed by atoms with van der Waals surface area (Å²) in [7, 11) is 0. The van der Waals surface area contributed by atoms with Crippen molar-refractivity contribution < 1.29 is 9.13 Å². The Bertz CT molecular complexity index is 395. The van der Waals surface area contributed by atoms with E-state index in [4.69, 9.17) is 4.74 Å². The summed E-state index contributed by atoms with van der Waals surface area (Å²) < 4.78 is 18.5. The molecule has 17 heavy (non-hydrogen) atoms. The van der Waals surface area contributed by atoms with E-state index >= 15 is 0 Å². The van der Waals surface area contributed by atoms with Gasteiger partial charge in [0.1, 0.15) is 6.61 Å². The van der Waals surface area contributed by atoms with Crippen molar-refractivity contribution in [1.82, 2.24) is 10.6 Å². The second-order valence-electron chi connectivity index (χ2n) is 3.72. The number of benzene rings is 1. The van der Waals surface area contributed by atoms with Crippen molar-refractivity contribution in [2.24, 2.45) is 4.99 Å². The van der Waals surface area contributed by atoms with Crippen LogP contribution in [0.1, 0.15) is 6.42 Å². The third kappa shape index (κ3) is 3.62. The monoisotopic (exact) mass is 237 g/mol. The van der Waals surface area contributed by atoms with Crippen molar-refractivity contribution in [3.05, 3.63) is 30.1 Å². The molecule has 1 aliphatic rings. The Morgan fingerprint density at radius 1 is 1.41 bits per heavy atom. The summed E-state index contributed by atoms with van der Waals surface area (Å²) in [5, 5.41) is 6.24. The standard InChI is InChI=1S/C12H16FN3O/c13-10-4-1-2-5-11(10)17-9-8-16-12-14-6-3-7-15-12/h1-2,4-5H,3,6-9H2,(H2,14,15,16). The number of guanidine groups is 1. The van der Waals surface area contributed by atoms with Crippen molar-refractivity contribution in [3.63, 3.8) is 0 Å². The van der Waals surface area contributed by atoms with Crippen LogP contribution >= 0.6 is 0 Å². The first-order valence-electron chi connectivity index (χ1n) is 5.76. The van der Waals surface area contributed by atoms with E-state index in [9.17, 15) is 4.39 Å². The fraction of sp³-hybridized carbons (Fsp3) is 0.417. The fourth-order valence-corrected chi connectivity index (χ4v) is 1.54. The van der Waals surface area contributed by atoms with E-state index in [1.807, 2.05) is 0 Å². The molecule has 5 heteroatoms. The Morgan fingerprint density at radius 2 is 2.29 bits per heavy atom. The Labute approximate surface area is 99.9 Å². The molecule has 0 amide bonds. The van der Waals surface area contributed by atoms with Gasteiger partial charge in [0.05, 0.1) is 6.54 Å². The van der Waals surface area contributed by atoms with Crippen LogP contribution in [0.5, 0.6) is 5.75 Å². The third-order valence-corrected chi connectivity index (χ3v) is 2.39. The largest absolute Gasteiger partial charge is 0.489 e. The maximum atomic E-state index is 13.2. The molecule has 0 saturated carbocycles. The Morgan fingerprint density at radius 3 is 3.06 bits per heavy atom. The Kier molecular flexibility index (Phi) is 4.18. The first-order chi connectivity index (χ1) is 8.36. The minimum atomic E-state index is -0.333. The summed E-state index contributed by atoms with van der Waals surface area (Å²) in [6.45, 7) is 2.80. The minimum Gasteiger partial charge on any atom is -0.489 e. The second-order valence-corrected chi connectivity index (χ2v) is 3.72. The van der Waals surface area contributed by atoms with Gasteiger partial charge in [-0.15, -0.1) is 0 Å². The van der Waals surface area contributed by atoms with Crippen molar-refractivity contribution in [2.45, 2.75) is 6.42 Å². The van der Waals surface area contributed by atoms with Crippen LogP contribution in [0.2, 0.25) is 0 Å². The molecule has 0 bridgehead atoms. The SMILES string of the molecule is Fc1ccccc1OCCNC1=NCCCN1. The molecule has 0 atom stereocenters. The van der Waals surface area contributed by atoms with Gasteiger partial charge in [-0.25, -0.2) is 4.39 Å². The van der Waals surface area contributed by atoms with Gasteiger partial charge in [0.25, 0.3) is 0 Å². The zero-order chi connectivity index (χ0) is 11.9. The average Bonchev–Trinajstić information content (AvgIpc) is 2.38. The van der Waals surface area contributed by atoms with E-state index in [-0.39, 0.29) is 11.6 Å². The summed E-state index contributed by atoms with van der Waals surface area (Å²) in [6, 6.07) is 6.39. The van der Waals surface area contributed by atoms with Crippen LogP contribution in [0, 0.1) is 5.82 Å². The number of rotatable bonds is 4. The lowest BCUT2D eigenvalue weighted by molar-refractivity contribution is 0.305. The highest BCUT2D eigenvalue weighted by Gasteiger charge is 2.03. The first kappa shape index (κ1) is 11.7. The Hall–Kier alpha value is -1.78. The lowest BCUT2D eigenvalue weighted by Crippen LogP contribution is -2.42. The molecular weight excluding hydrogens is 221 g/mol. The van der Waals surface area contributed by atoms with E-state index in [0.717, 1.165) is 25.5 Å². The van der Waals surface area contributed by atoms with E-state index in [0.29, 0.717) is 13.2 Å². The zero-order valence-electron chi connectivity index (χ0n) is 9.58.